The van der Waals surface area contributed by atoms with Crippen LogP contribution in [0.2, 0.25) is 0 Å². The van der Waals surface area contributed by atoms with Crippen molar-refractivity contribution in [2.45, 2.75) is 38.3 Å². The average Bonchev–Trinajstić information content (AvgIpc) is 2.92. The molecule has 5 heteroatoms. The molecule has 1 aromatic carbocycles. The molecule has 0 spiro atoms. The maximum atomic E-state index is 12.0. The van der Waals surface area contributed by atoms with Crippen LogP contribution >= 0.6 is 0 Å². The molecule has 1 unspecified atom stereocenters. The molecular formula is C15H19NO4. The summed E-state index contributed by atoms with van der Waals surface area (Å²) in [7, 11) is 0. The highest BCUT2D eigenvalue weighted by atomic mass is 16.6. The second-order valence-corrected chi connectivity index (χ2v) is 4.96. The third-order valence-electron chi connectivity index (χ3n) is 3.51. The first-order valence-electron chi connectivity index (χ1n) is 6.86. The number of likely N-dealkylation sites (tertiary alicyclic amines) is 1. The molecule has 1 heterocycles. The number of benzene rings is 1. The number of hydrogen-bond donors (Lipinski definition) is 1. The van der Waals surface area contributed by atoms with E-state index in [9.17, 15) is 9.59 Å². The molecule has 108 valence electrons. The maximum absolute atomic E-state index is 12.0. The smallest absolute Gasteiger partial charge is 0.410 e. The monoisotopic (exact) mass is 277 g/mol. The lowest BCUT2D eigenvalue weighted by Crippen LogP contribution is -2.36. The molecule has 0 aromatic heterocycles. The van der Waals surface area contributed by atoms with Gasteiger partial charge >= 0.3 is 12.1 Å². The highest BCUT2D eigenvalue weighted by molar-refractivity contribution is 5.69. The van der Waals surface area contributed by atoms with Crippen LogP contribution in [0.4, 0.5) is 4.79 Å². The number of amides is 1. The summed E-state index contributed by atoms with van der Waals surface area (Å²) in [6.07, 6.45) is 2.00. The molecule has 1 N–H and O–H groups in total. The Morgan fingerprint density at radius 3 is 2.75 bits per heavy atom. The minimum Gasteiger partial charge on any atom is -0.481 e. The predicted octanol–water partition coefficient (Wildman–Crippen LogP) is 2.65. The van der Waals surface area contributed by atoms with Crippen molar-refractivity contribution in [3.8, 4) is 0 Å². The van der Waals surface area contributed by atoms with Gasteiger partial charge in [0.2, 0.25) is 0 Å². The zero-order valence-corrected chi connectivity index (χ0v) is 11.3. The predicted molar refractivity (Wildman–Crippen MR) is 73.2 cm³/mol. The van der Waals surface area contributed by atoms with Crippen molar-refractivity contribution in [1.29, 1.82) is 0 Å². The molecule has 1 atom stereocenters. The molecule has 0 radical (unpaired) electrons. The van der Waals surface area contributed by atoms with Gasteiger partial charge in [-0.3, -0.25) is 4.79 Å². The van der Waals surface area contributed by atoms with Crippen molar-refractivity contribution in [1.82, 2.24) is 4.90 Å². The summed E-state index contributed by atoms with van der Waals surface area (Å²) < 4.78 is 5.29. The van der Waals surface area contributed by atoms with Crippen LogP contribution in [-0.2, 0) is 16.1 Å². The van der Waals surface area contributed by atoms with Crippen LogP contribution in [0.15, 0.2) is 30.3 Å². The number of hydrogen-bond acceptors (Lipinski definition) is 3. The van der Waals surface area contributed by atoms with Crippen LogP contribution < -0.4 is 0 Å². The lowest BCUT2D eigenvalue weighted by Gasteiger charge is -2.23. The van der Waals surface area contributed by atoms with Gasteiger partial charge in [-0.2, -0.15) is 0 Å². The van der Waals surface area contributed by atoms with Crippen molar-refractivity contribution in [2.75, 3.05) is 6.54 Å². The lowest BCUT2D eigenvalue weighted by molar-refractivity contribution is -0.137. The molecule has 1 saturated heterocycles. The Balaban J connectivity index is 1.83. The van der Waals surface area contributed by atoms with E-state index in [0.29, 0.717) is 13.0 Å². The molecule has 0 aliphatic carbocycles. The fourth-order valence-corrected chi connectivity index (χ4v) is 2.47. The fourth-order valence-electron chi connectivity index (χ4n) is 2.47. The molecule has 1 aliphatic heterocycles. The average molecular weight is 277 g/mol. The first-order chi connectivity index (χ1) is 9.66. The number of rotatable bonds is 5. The van der Waals surface area contributed by atoms with Crippen LogP contribution in [0, 0.1) is 0 Å². The van der Waals surface area contributed by atoms with E-state index < -0.39 is 5.97 Å². The lowest BCUT2D eigenvalue weighted by atomic mass is 10.1. The van der Waals surface area contributed by atoms with Crippen molar-refractivity contribution < 1.29 is 19.4 Å². The fraction of sp³-hybridized carbons (Fsp3) is 0.467. The van der Waals surface area contributed by atoms with E-state index >= 15 is 0 Å². The first-order valence-corrected chi connectivity index (χ1v) is 6.86. The highest BCUT2D eigenvalue weighted by Crippen LogP contribution is 2.22. The number of carboxylic acid groups (broad SMARTS) is 1. The Bertz CT molecular complexity index is 460. The normalized spacial score (nSPS) is 18.0. The molecule has 0 bridgehead atoms. The van der Waals surface area contributed by atoms with E-state index in [-0.39, 0.29) is 25.2 Å². The summed E-state index contributed by atoms with van der Waals surface area (Å²) >= 11 is 0. The number of carboxylic acids is 1. The van der Waals surface area contributed by atoms with Crippen molar-refractivity contribution >= 4 is 12.1 Å². The SMILES string of the molecule is O=C(O)CCC1CCCN1C(=O)OCc1ccccc1. The molecule has 1 fully saturated rings. The molecule has 1 aromatic rings. The number of ether oxygens (including phenoxy) is 1. The van der Waals surface area contributed by atoms with Gasteiger partial charge in [-0.25, -0.2) is 4.79 Å². The zero-order valence-electron chi connectivity index (χ0n) is 11.3. The van der Waals surface area contributed by atoms with E-state index in [1.807, 2.05) is 30.3 Å². The topological polar surface area (TPSA) is 66.8 Å². The second-order valence-electron chi connectivity index (χ2n) is 4.96. The van der Waals surface area contributed by atoms with Crippen LogP contribution in [0.25, 0.3) is 0 Å². The number of carbonyl (C=O) groups is 2. The molecular weight excluding hydrogens is 258 g/mol. The summed E-state index contributed by atoms with van der Waals surface area (Å²) in [5.74, 6) is -0.825. The van der Waals surface area contributed by atoms with Gasteiger partial charge in [-0.15, -0.1) is 0 Å². The molecule has 20 heavy (non-hydrogen) atoms. The molecule has 2 rings (SSSR count). The van der Waals surface area contributed by atoms with E-state index in [0.717, 1.165) is 18.4 Å². The number of aliphatic carboxylic acids is 1. The Morgan fingerprint density at radius 2 is 2.05 bits per heavy atom. The minimum atomic E-state index is -0.825. The van der Waals surface area contributed by atoms with E-state index in [2.05, 4.69) is 0 Å². The first kappa shape index (κ1) is 14.4. The zero-order chi connectivity index (χ0) is 14.4. The van der Waals surface area contributed by atoms with Crippen LogP contribution in [0.1, 0.15) is 31.2 Å². The van der Waals surface area contributed by atoms with Gasteiger partial charge in [0, 0.05) is 19.0 Å². The largest absolute Gasteiger partial charge is 0.481 e. The second kappa shape index (κ2) is 6.93. The third kappa shape index (κ3) is 3.98. The summed E-state index contributed by atoms with van der Waals surface area (Å²) in [5, 5.41) is 8.72. The summed E-state index contributed by atoms with van der Waals surface area (Å²) in [5.41, 5.74) is 0.946. The standard InChI is InChI=1S/C15H19NO4/c17-14(18)9-8-13-7-4-10-16(13)15(19)20-11-12-5-2-1-3-6-12/h1-3,5-6,13H,4,7-11H2,(H,17,18). The maximum Gasteiger partial charge on any atom is 0.410 e. The molecule has 5 nitrogen and oxygen atoms in total. The van der Waals surface area contributed by atoms with Gasteiger partial charge < -0.3 is 14.7 Å². The summed E-state index contributed by atoms with van der Waals surface area (Å²) in [6.45, 7) is 0.903. The van der Waals surface area contributed by atoms with E-state index in [1.54, 1.807) is 4.90 Å². The summed E-state index contributed by atoms with van der Waals surface area (Å²) in [6, 6.07) is 9.50. The van der Waals surface area contributed by atoms with E-state index in [1.165, 1.54) is 0 Å². The van der Waals surface area contributed by atoms with Crippen LogP contribution in [-0.4, -0.2) is 34.7 Å². The van der Waals surface area contributed by atoms with Crippen molar-refractivity contribution in [3.05, 3.63) is 35.9 Å². The van der Waals surface area contributed by atoms with Crippen molar-refractivity contribution in [3.63, 3.8) is 0 Å². The Hall–Kier alpha value is -2.04. The highest BCUT2D eigenvalue weighted by Gasteiger charge is 2.29. The quantitative estimate of drug-likeness (QED) is 0.898. The molecule has 1 amide bonds. The number of nitrogens with zero attached hydrogens (tertiary/aromatic N) is 1. The minimum absolute atomic E-state index is 0.00521. The van der Waals surface area contributed by atoms with Crippen LogP contribution in [0.5, 0.6) is 0 Å². The third-order valence-corrected chi connectivity index (χ3v) is 3.51. The number of carbonyl (C=O) groups excluding carboxylic acids is 1. The van der Waals surface area contributed by atoms with Gasteiger partial charge in [-0.05, 0) is 24.8 Å². The van der Waals surface area contributed by atoms with Gasteiger partial charge in [-0.1, -0.05) is 30.3 Å². The van der Waals surface area contributed by atoms with Crippen molar-refractivity contribution in [2.24, 2.45) is 0 Å². The van der Waals surface area contributed by atoms with Gasteiger partial charge in [0.1, 0.15) is 6.61 Å². The summed E-state index contributed by atoms with van der Waals surface area (Å²) in [4.78, 5) is 24.3. The van der Waals surface area contributed by atoms with E-state index in [4.69, 9.17) is 9.84 Å². The van der Waals surface area contributed by atoms with Gasteiger partial charge in [0.25, 0.3) is 0 Å². The Kier molecular flexibility index (Phi) is 4.98. The Morgan fingerprint density at radius 1 is 1.30 bits per heavy atom. The molecule has 1 aliphatic rings. The van der Waals surface area contributed by atoms with Gasteiger partial charge in [0.05, 0.1) is 0 Å². The molecule has 0 saturated carbocycles. The van der Waals surface area contributed by atoms with Crippen LogP contribution in [0.3, 0.4) is 0 Å². The Labute approximate surface area is 118 Å². The van der Waals surface area contributed by atoms with Gasteiger partial charge in [0.15, 0.2) is 0 Å².